The second-order valence-electron chi connectivity index (χ2n) is 9.11. The Labute approximate surface area is 201 Å². The minimum atomic E-state index is -0.700. The summed E-state index contributed by atoms with van der Waals surface area (Å²) in [5.41, 5.74) is 4.92. The molecule has 3 aromatic rings. The summed E-state index contributed by atoms with van der Waals surface area (Å²) in [6.07, 6.45) is 0.571. The Morgan fingerprint density at radius 1 is 0.853 bits per heavy atom. The molecule has 3 rings (SSSR count). The Balaban J connectivity index is 1.97. The van der Waals surface area contributed by atoms with Crippen LogP contribution in [0.15, 0.2) is 72.8 Å². The number of nitrogens with zero attached hydrogens (tertiary/aromatic N) is 1. The van der Waals surface area contributed by atoms with Crippen molar-refractivity contribution in [1.29, 1.82) is 0 Å². The molecule has 34 heavy (non-hydrogen) atoms. The molecule has 0 bridgehead atoms. The lowest BCUT2D eigenvalue weighted by Crippen LogP contribution is -2.52. The van der Waals surface area contributed by atoms with E-state index in [1.807, 2.05) is 76.2 Å². The highest BCUT2D eigenvalue weighted by molar-refractivity contribution is 5.89. The molecule has 0 heterocycles. The van der Waals surface area contributed by atoms with E-state index in [4.69, 9.17) is 0 Å². The third-order valence-corrected chi connectivity index (χ3v) is 5.89. The van der Waals surface area contributed by atoms with Crippen LogP contribution in [0.5, 0.6) is 0 Å². The van der Waals surface area contributed by atoms with Crippen molar-refractivity contribution in [3.8, 4) is 0 Å². The van der Waals surface area contributed by atoms with Gasteiger partial charge in [-0.05, 0) is 67.6 Å². The molecule has 178 valence electrons. The van der Waals surface area contributed by atoms with Crippen molar-refractivity contribution < 1.29 is 14.0 Å². The van der Waals surface area contributed by atoms with Crippen molar-refractivity contribution in [2.24, 2.45) is 0 Å². The molecule has 2 amide bonds. The summed E-state index contributed by atoms with van der Waals surface area (Å²) in [7, 11) is 0. The van der Waals surface area contributed by atoms with Crippen LogP contribution in [0.4, 0.5) is 4.39 Å². The van der Waals surface area contributed by atoms with Crippen LogP contribution in [-0.2, 0) is 29.0 Å². The fraction of sp³-hybridized carbons (Fsp3) is 0.310. The minimum absolute atomic E-state index is 0.0618. The van der Waals surface area contributed by atoms with Crippen LogP contribution >= 0.6 is 0 Å². The van der Waals surface area contributed by atoms with E-state index in [-0.39, 0.29) is 36.6 Å². The van der Waals surface area contributed by atoms with E-state index in [0.717, 1.165) is 27.8 Å². The maximum absolute atomic E-state index is 13.7. The zero-order chi connectivity index (χ0) is 24.7. The first-order valence-corrected chi connectivity index (χ1v) is 11.7. The van der Waals surface area contributed by atoms with Crippen molar-refractivity contribution in [2.45, 2.75) is 59.2 Å². The fourth-order valence-electron chi connectivity index (χ4n) is 3.91. The molecule has 0 fully saturated rings. The molecule has 5 heteroatoms. The fourth-order valence-corrected chi connectivity index (χ4v) is 3.91. The van der Waals surface area contributed by atoms with Gasteiger partial charge in [0.1, 0.15) is 11.9 Å². The van der Waals surface area contributed by atoms with E-state index >= 15 is 0 Å². The molecule has 0 aromatic heterocycles. The number of nitrogens with one attached hydrogen (secondary N) is 1. The highest BCUT2D eigenvalue weighted by Gasteiger charge is 2.30. The Morgan fingerprint density at radius 3 is 2.12 bits per heavy atom. The molecule has 0 aliphatic rings. The van der Waals surface area contributed by atoms with Crippen LogP contribution in [0.25, 0.3) is 0 Å². The van der Waals surface area contributed by atoms with Gasteiger partial charge < -0.3 is 10.2 Å². The Bertz CT molecular complexity index is 1110. The molecule has 0 aliphatic carbocycles. The smallest absolute Gasteiger partial charge is 0.243 e. The summed E-state index contributed by atoms with van der Waals surface area (Å²) in [4.78, 5) is 28.6. The van der Waals surface area contributed by atoms with Gasteiger partial charge in [-0.15, -0.1) is 0 Å². The van der Waals surface area contributed by atoms with E-state index in [1.165, 1.54) is 12.1 Å². The Hall–Kier alpha value is -3.47. The summed E-state index contributed by atoms with van der Waals surface area (Å²) < 4.78 is 13.5. The van der Waals surface area contributed by atoms with Gasteiger partial charge >= 0.3 is 0 Å². The van der Waals surface area contributed by atoms with Crippen LogP contribution in [0.3, 0.4) is 0 Å². The van der Waals surface area contributed by atoms with Gasteiger partial charge in [0.05, 0.1) is 6.42 Å². The summed E-state index contributed by atoms with van der Waals surface area (Å²) >= 11 is 0. The molecule has 0 aliphatic heterocycles. The molecule has 3 aromatic carbocycles. The zero-order valence-corrected chi connectivity index (χ0v) is 20.3. The predicted octanol–water partition coefficient (Wildman–Crippen LogP) is 5.15. The molecule has 0 unspecified atom stereocenters. The van der Waals surface area contributed by atoms with Crippen molar-refractivity contribution in [3.63, 3.8) is 0 Å². The first-order valence-electron chi connectivity index (χ1n) is 11.7. The average molecular weight is 461 g/mol. The molecule has 1 N–H and O–H groups in total. The SMILES string of the molecule is Cc1ccc(CC(=O)N(Cc2ccc(F)cc2)[C@H](Cc2ccccc2)C(=O)NC(C)C)cc1C. The predicted molar refractivity (Wildman–Crippen MR) is 134 cm³/mol. The molecule has 0 saturated carbocycles. The minimum Gasteiger partial charge on any atom is -0.352 e. The molecule has 0 saturated heterocycles. The second-order valence-corrected chi connectivity index (χ2v) is 9.11. The van der Waals surface area contributed by atoms with Crippen LogP contribution in [-0.4, -0.2) is 28.8 Å². The number of aryl methyl sites for hydroxylation is 2. The first kappa shape index (κ1) is 25.2. The van der Waals surface area contributed by atoms with Crippen LogP contribution < -0.4 is 5.32 Å². The lowest BCUT2D eigenvalue weighted by molar-refractivity contribution is -0.141. The Kier molecular flexibility index (Phi) is 8.58. The van der Waals surface area contributed by atoms with E-state index < -0.39 is 6.04 Å². The topological polar surface area (TPSA) is 49.4 Å². The number of carbonyl (C=O) groups excluding carboxylic acids is 2. The van der Waals surface area contributed by atoms with Crippen LogP contribution in [0.1, 0.15) is 41.7 Å². The van der Waals surface area contributed by atoms with E-state index in [0.29, 0.717) is 6.42 Å². The highest BCUT2D eigenvalue weighted by Crippen LogP contribution is 2.18. The van der Waals surface area contributed by atoms with E-state index in [1.54, 1.807) is 17.0 Å². The normalized spacial score (nSPS) is 11.8. The third kappa shape index (κ3) is 7.01. The maximum Gasteiger partial charge on any atom is 0.243 e. The lowest BCUT2D eigenvalue weighted by Gasteiger charge is -2.32. The van der Waals surface area contributed by atoms with Gasteiger partial charge in [-0.2, -0.15) is 0 Å². The first-order chi connectivity index (χ1) is 16.2. The van der Waals surface area contributed by atoms with E-state index in [2.05, 4.69) is 5.32 Å². The number of hydrogen-bond donors (Lipinski definition) is 1. The van der Waals surface area contributed by atoms with Gasteiger partial charge in [0.25, 0.3) is 0 Å². The molecular formula is C29H33FN2O2. The second kappa shape index (κ2) is 11.6. The van der Waals surface area contributed by atoms with Crippen molar-refractivity contribution >= 4 is 11.8 Å². The lowest BCUT2D eigenvalue weighted by atomic mass is 10.00. The molecule has 4 nitrogen and oxygen atoms in total. The number of hydrogen-bond acceptors (Lipinski definition) is 2. The number of halogens is 1. The molecular weight excluding hydrogens is 427 g/mol. The quantitative estimate of drug-likeness (QED) is 0.480. The Morgan fingerprint density at radius 2 is 1.50 bits per heavy atom. The largest absolute Gasteiger partial charge is 0.352 e. The zero-order valence-electron chi connectivity index (χ0n) is 20.3. The van der Waals surface area contributed by atoms with Crippen molar-refractivity contribution in [1.82, 2.24) is 10.2 Å². The highest BCUT2D eigenvalue weighted by atomic mass is 19.1. The number of amides is 2. The molecule has 0 radical (unpaired) electrons. The maximum atomic E-state index is 13.7. The van der Waals surface area contributed by atoms with Gasteiger partial charge in [-0.1, -0.05) is 60.7 Å². The van der Waals surface area contributed by atoms with Crippen LogP contribution in [0, 0.1) is 19.7 Å². The summed E-state index contributed by atoms with van der Waals surface area (Å²) in [6.45, 7) is 8.08. The number of carbonyl (C=O) groups is 2. The van der Waals surface area contributed by atoms with Crippen molar-refractivity contribution in [2.75, 3.05) is 0 Å². The number of benzene rings is 3. The van der Waals surface area contributed by atoms with Gasteiger partial charge in [-0.3, -0.25) is 9.59 Å². The summed E-state index contributed by atoms with van der Waals surface area (Å²) in [5.74, 6) is -0.683. The van der Waals surface area contributed by atoms with Gasteiger partial charge in [0, 0.05) is 19.0 Å². The van der Waals surface area contributed by atoms with Crippen LogP contribution in [0.2, 0.25) is 0 Å². The standard InChI is InChI=1S/C29H33FN2O2/c1-20(2)31-29(34)27(17-23-8-6-5-7-9-23)32(19-24-12-14-26(30)15-13-24)28(33)18-25-11-10-21(3)22(4)16-25/h5-16,20,27H,17-19H2,1-4H3,(H,31,34)/t27-/m1/s1. The average Bonchev–Trinajstić information content (AvgIpc) is 2.80. The van der Waals surface area contributed by atoms with Crippen molar-refractivity contribution in [3.05, 3.63) is 106 Å². The third-order valence-electron chi connectivity index (χ3n) is 5.89. The van der Waals surface area contributed by atoms with Gasteiger partial charge in [0.2, 0.25) is 11.8 Å². The number of rotatable bonds is 9. The summed E-state index contributed by atoms with van der Waals surface area (Å²) in [6, 6.07) is 21.0. The monoisotopic (exact) mass is 460 g/mol. The summed E-state index contributed by atoms with van der Waals surface area (Å²) in [5, 5.41) is 2.98. The van der Waals surface area contributed by atoms with Gasteiger partial charge in [-0.25, -0.2) is 4.39 Å². The molecule has 0 spiro atoms. The van der Waals surface area contributed by atoms with Gasteiger partial charge in [0.15, 0.2) is 0 Å². The molecule has 1 atom stereocenters. The van der Waals surface area contributed by atoms with E-state index in [9.17, 15) is 14.0 Å².